The summed E-state index contributed by atoms with van der Waals surface area (Å²) in [5, 5.41) is 13.4. The van der Waals surface area contributed by atoms with Crippen molar-refractivity contribution in [3.8, 4) is 5.75 Å². The lowest BCUT2D eigenvalue weighted by Gasteiger charge is -2.11. The minimum Gasteiger partial charge on any atom is -0.506 e. The van der Waals surface area contributed by atoms with Gasteiger partial charge in [0.05, 0.1) is 5.52 Å². The molecule has 21 heavy (non-hydrogen) atoms. The number of unbranched alkanes of at least 4 members (excludes halogenated alkanes) is 2. The smallest absolute Gasteiger partial charge is 0.267 e. The van der Waals surface area contributed by atoms with Gasteiger partial charge >= 0.3 is 0 Å². The Morgan fingerprint density at radius 2 is 2.00 bits per heavy atom. The van der Waals surface area contributed by atoms with Crippen LogP contribution < -0.4 is 10.9 Å². The Morgan fingerprint density at radius 3 is 2.71 bits per heavy atom. The Balaban J connectivity index is 2.40. The predicted octanol–water partition coefficient (Wildman–Crippen LogP) is 2.16. The fourth-order valence-corrected chi connectivity index (χ4v) is 2.35. The number of hydrogen-bond acceptors (Lipinski definition) is 3. The molecule has 0 radical (unpaired) electrons. The van der Waals surface area contributed by atoms with E-state index in [9.17, 15) is 14.7 Å². The van der Waals surface area contributed by atoms with Crippen molar-refractivity contribution in [1.29, 1.82) is 0 Å². The molecule has 1 aromatic heterocycles. The third kappa shape index (κ3) is 2.91. The Labute approximate surface area is 123 Å². The van der Waals surface area contributed by atoms with E-state index in [1.54, 1.807) is 31.3 Å². The number of nitrogens with zero attached hydrogens (tertiary/aromatic N) is 1. The first-order chi connectivity index (χ1) is 10.1. The number of aromatic nitrogens is 1. The van der Waals surface area contributed by atoms with E-state index in [0.717, 1.165) is 19.3 Å². The molecule has 112 valence electrons. The molecule has 2 N–H and O–H groups in total. The summed E-state index contributed by atoms with van der Waals surface area (Å²) in [5.74, 6) is -0.767. The molecule has 1 amide bonds. The van der Waals surface area contributed by atoms with Gasteiger partial charge in [-0.2, -0.15) is 0 Å². The molecule has 0 atom stereocenters. The number of hydrogen-bond donors (Lipinski definition) is 2. The van der Waals surface area contributed by atoms with Gasteiger partial charge in [-0.3, -0.25) is 9.59 Å². The van der Waals surface area contributed by atoms with E-state index >= 15 is 0 Å². The molecule has 0 saturated carbocycles. The van der Waals surface area contributed by atoms with Crippen molar-refractivity contribution in [3.63, 3.8) is 0 Å². The number of carbonyl (C=O) groups is 1. The highest BCUT2D eigenvalue weighted by molar-refractivity contribution is 6.02. The molecule has 2 aromatic rings. The third-order valence-corrected chi connectivity index (χ3v) is 3.57. The van der Waals surface area contributed by atoms with E-state index < -0.39 is 11.5 Å². The van der Waals surface area contributed by atoms with Crippen LogP contribution in [0.5, 0.6) is 5.75 Å². The van der Waals surface area contributed by atoms with Gasteiger partial charge < -0.3 is 15.0 Å². The zero-order chi connectivity index (χ0) is 15.4. The van der Waals surface area contributed by atoms with Crippen LogP contribution in [0.15, 0.2) is 29.1 Å². The van der Waals surface area contributed by atoms with Gasteiger partial charge in [0.15, 0.2) is 0 Å². The van der Waals surface area contributed by atoms with Gasteiger partial charge in [0.25, 0.3) is 11.5 Å². The average molecular weight is 288 g/mol. The van der Waals surface area contributed by atoms with Crippen LogP contribution in [0.2, 0.25) is 0 Å². The Morgan fingerprint density at radius 1 is 1.29 bits per heavy atom. The largest absolute Gasteiger partial charge is 0.506 e. The van der Waals surface area contributed by atoms with Crippen LogP contribution in [0.25, 0.3) is 10.9 Å². The molecule has 1 heterocycles. The monoisotopic (exact) mass is 288 g/mol. The molecule has 0 aliphatic rings. The molecule has 0 unspecified atom stereocenters. The second kappa shape index (κ2) is 6.43. The van der Waals surface area contributed by atoms with Crippen molar-refractivity contribution in [2.24, 2.45) is 7.05 Å². The zero-order valence-electron chi connectivity index (χ0n) is 12.3. The van der Waals surface area contributed by atoms with Crippen LogP contribution in [-0.2, 0) is 7.05 Å². The van der Waals surface area contributed by atoms with Gasteiger partial charge in [0, 0.05) is 19.0 Å². The highest BCUT2D eigenvalue weighted by atomic mass is 16.3. The lowest BCUT2D eigenvalue weighted by molar-refractivity contribution is 0.0948. The van der Waals surface area contributed by atoms with Crippen molar-refractivity contribution >= 4 is 16.8 Å². The first-order valence-corrected chi connectivity index (χ1v) is 7.16. The van der Waals surface area contributed by atoms with Gasteiger partial charge in [-0.25, -0.2) is 0 Å². The summed E-state index contributed by atoms with van der Waals surface area (Å²) in [7, 11) is 1.60. The molecule has 2 rings (SSSR count). The molecule has 0 aliphatic carbocycles. The Bertz CT molecular complexity index is 719. The summed E-state index contributed by atoms with van der Waals surface area (Å²) in [6.07, 6.45) is 2.93. The topological polar surface area (TPSA) is 71.3 Å². The number of para-hydroxylation sites is 1. The number of rotatable bonds is 5. The van der Waals surface area contributed by atoms with E-state index in [0.29, 0.717) is 17.4 Å². The second-order valence-corrected chi connectivity index (χ2v) is 5.07. The normalized spacial score (nSPS) is 10.8. The number of aryl methyl sites for hydroxylation is 1. The van der Waals surface area contributed by atoms with E-state index in [2.05, 4.69) is 12.2 Å². The summed E-state index contributed by atoms with van der Waals surface area (Å²) < 4.78 is 1.38. The van der Waals surface area contributed by atoms with Crippen LogP contribution >= 0.6 is 0 Å². The second-order valence-electron chi connectivity index (χ2n) is 5.07. The molecule has 0 bridgehead atoms. The highest BCUT2D eigenvalue weighted by Gasteiger charge is 2.20. The van der Waals surface area contributed by atoms with Gasteiger partial charge in [0.2, 0.25) is 0 Å². The molecule has 0 saturated heterocycles. The van der Waals surface area contributed by atoms with Crippen LogP contribution in [0.4, 0.5) is 0 Å². The van der Waals surface area contributed by atoms with Crippen molar-refractivity contribution in [1.82, 2.24) is 9.88 Å². The van der Waals surface area contributed by atoms with Crippen molar-refractivity contribution < 1.29 is 9.90 Å². The van der Waals surface area contributed by atoms with Crippen LogP contribution in [0.3, 0.4) is 0 Å². The molecule has 0 fully saturated rings. The van der Waals surface area contributed by atoms with Crippen LogP contribution in [0.1, 0.15) is 36.5 Å². The predicted molar refractivity (Wildman–Crippen MR) is 82.7 cm³/mol. The van der Waals surface area contributed by atoms with Crippen molar-refractivity contribution in [3.05, 3.63) is 40.2 Å². The standard InChI is InChI=1S/C16H20N2O3/c1-3-4-7-10-17-15(20)13-14(19)11-8-5-6-9-12(11)18(2)16(13)21/h5-6,8-9,19H,3-4,7,10H2,1-2H3,(H,17,20). The summed E-state index contributed by atoms with van der Waals surface area (Å²) in [4.78, 5) is 24.4. The van der Waals surface area contributed by atoms with Crippen molar-refractivity contribution in [2.45, 2.75) is 26.2 Å². The number of aromatic hydroxyl groups is 1. The Hall–Kier alpha value is -2.30. The summed E-state index contributed by atoms with van der Waals surface area (Å²) in [6.45, 7) is 2.58. The maximum atomic E-state index is 12.3. The molecular weight excluding hydrogens is 268 g/mol. The molecule has 0 aliphatic heterocycles. The molecule has 5 heteroatoms. The highest BCUT2D eigenvalue weighted by Crippen LogP contribution is 2.25. The van der Waals surface area contributed by atoms with E-state index in [4.69, 9.17) is 0 Å². The maximum Gasteiger partial charge on any atom is 0.267 e. The minimum atomic E-state index is -0.519. The van der Waals surface area contributed by atoms with Crippen molar-refractivity contribution in [2.75, 3.05) is 6.54 Å². The SMILES string of the molecule is CCCCCNC(=O)c1c(O)c2ccccc2n(C)c1=O. The molecular formula is C16H20N2O3. The van der Waals surface area contributed by atoms with E-state index in [1.807, 2.05) is 0 Å². The summed E-state index contributed by atoms with van der Waals surface area (Å²) in [6, 6.07) is 6.97. The zero-order valence-corrected chi connectivity index (χ0v) is 12.3. The Kier molecular flexibility index (Phi) is 4.62. The number of fused-ring (bicyclic) bond motifs is 1. The fourth-order valence-electron chi connectivity index (χ4n) is 2.35. The van der Waals surface area contributed by atoms with Gasteiger partial charge in [-0.1, -0.05) is 31.9 Å². The lowest BCUT2D eigenvalue weighted by Crippen LogP contribution is -2.33. The molecule has 5 nitrogen and oxygen atoms in total. The molecule has 1 aromatic carbocycles. The number of carbonyl (C=O) groups excluding carboxylic acids is 1. The number of nitrogens with one attached hydrogen (secondary N) is 1. The first kappa shape index (κ1) is 15.1. The molecule has 0 spiro atoms. The quantitative estimate of drug-likeness (QED) is 0.828. The number of pyridine rings is 1. The van der Waals surface area contributed by atoms with Crippen LogP contribution in [-0.4, -0.2) is 22.1 Å². The number of amides is 1. The summed E-state index contributed by atoms with van der Waals surface area (Å²) in [5.41, 5.74) is -0.0746. The van der Waals surface area contributed by atoms with Gasteiger partial charge in [-0.15, -0.1) is 0 Å². The summed E-state index contributed by atoms with van der Waals surface area (Å²) >= 11 is 0. The average Bonchev–Trinajstić information content (AvgIpc) is 2.49. The maximum absolute atomic E-state index is 12.3. The van der Waals surface area contributed by atoms with Gasteiger partial charge in [-0.05, 0) is 18.6 Å². The number of benzene rings is 1. The first-order valence-electron chi connectivity index (χ1n) is 7.16. The van der Waals surface area contributed by atoms with Crippen LogP contribution in [0, 0.1) is 0 Å². The lowest BCUT2D eigenvalue weighted by atomic mass is 10.1. The fraction of sp³-hybridized carbons (Fsp3) is 0.375. The third-order valence-electron chi connectivity index (χ3n) is 3.57. The van der Waals surface area contributed by atoms with E-state index in [-0.39, 0.29) is 11.3 Å². The van der Waals surface area contributed by atoms with E-state index in [1.165, 1.54) is 4.57 Å². The van der Waals surface area contributed by atoms with Gasteiger partial charge in [0.1, 0.15) is 11.3 Å². The minimum absolute atomic E-state index is 0.187.